The Bertz CT molecular complexity index is 1460. The predicted molar refractivity (Wildman–Crippen MR) is 142 cm³/mol. The summed E-state index contributed by atoms with van der Waals surface area (Å²) in [5.41, 5.74) is 4.07. The quantitative estimate of drug-likeness (QED) is 0.473. The lowest BCUT2D eigenvalue weighted by Crippen LogP contribution is -2.46. The molecule has 1 atom stereocenters. The fourth-order valence-corrected chi connectivity index (χ4v) is 6.56. The Morgan fingerprint density at radius 1 is 1.08 bits per heavy atom. The second kappa shape index (κ2) is 9.12. The molecule has 200 valence electrons. The van der Waals surface area contributed by atoms with Crippen LogP contribution in [0.1, 0.15) is 17.5 Å². The minimum atomic E-state index is -3.94. The van der Waals surface area contributed by atoms with Crippen molar-refractivity contribution in [1.82, 2.24) is 19.9 Å². The van der Waals surface area contributed by atoms with Crippen LogP contribution in [0.25, 0.3) is 11.3 Å². The molecule has 1 unspecified atom stereocenters. The van der Waals surface area contributed by atoms with Gasteiger partial charge in [-0.2, -0.15) is 8.42 Å². The van der Waals surface area contributed by atoms with E-state index in [0.29, 0.717) is 11.4 Å². The van der Waals surface area contributed by atoms with Crippen molar-refractivity contribution in [2.24, 2.45) is 5.92 Å². The van der Waals surface area contributed by atoms with Gasteiger partial charge in [0.05, 0.1) is 17.6 Å². The number of hydrogen-bond acceptors (Lipinski definition) is 7. The first kappa shape index (κ1) is 24.9. The second-order valence-corrected chi connectivity index (χ2v) is 12.1. The lowest BCUT2D eigenvalue weighted by Gasteiger charge is -2.35. The molecule has 12 heteroatoms. The van der Waals surface area contributed by atoms with E-state index in [1.807, 2.05) is 6.92 Å². The van der Waals surface area contributed by atoms with Gasteiger partial charge < -0.3 is 4.90 Å². The van der Waals surface area contributed by atoms with Crippen LogP contribution in [0.3, 0.4) is 0 Å². The van der Waals surface area contributed by atoms with Crippen molar-refractivity contribution < 1.29 is 17.2 Å². The molecule has 1 saturated heterocycles. The molecule has 0 radical (unpaired) electrons. The number of benzene rings is 1. The van der Waals surface area contributed by atoms with Gasteiger partial charge in [0, 0.05) is 76.6 Å². The van der Waals surface area contributed by atoms with Gasteiger partial charge in [0.1, 0.15) is 5.82 Å². The van der Waals surface area contributed by atoms with Crippen molar-refractivity contribution in [2.45, 2.75) is 25.8 Å². The van der Waals surface area contributed by atoms with E-state index in [1.165, 1.54) is 7.05 Å². The molecular weight excluding hydrogens is 512 g/mol. The second-order valence-electron chi connectivity index (χ2n) is 10.2. The molecule has 0 bridgehead atoms. The van der Waals surface area contributed by atoms with Crippen LogP contribution in [-0.4, -0.2) is 74.0 Å². The summed E-state index contributed by atoms with van der Waals surface area (Å²) in [6.07, 6.45) is 4.88. The predicted octanol–water partition coefficient (Wildman–Crippen LogP) is 3.33. The molecule has 2 aliphatic heterocycles. The first-order valence-corrected chi connectivity index (χ1v) is 14.0. The molecule has 4 heterocycles. The highest BCUT2D eigenvalue weighted by Crippen LogP contribution is 2.51. The molecule has 1 aliphatic carbocycles. The summed E-state index contributed by atoms with van der Waals surface area (Å²) in [7, 11) is -2.52. The van der Waals surface area contributed by atoms with Crippen LogP contribution >= 0.6 is 0 Å². The number of hydrogen-bond donors (Lipinski definition) is 0. The molecule has 1 aromatic carbocycles. The molecule has 0 N–H and O–H groups in total. The molecule has 3 aliphatic rings. The van der Waals surface area contributed by atoms with Crippen LogP contribution in [0, 0.1) is 12.8 Å². The Kier molecular flexibility index (Phi) is 5.98. The molecule has 9 nitrogen and oxygen atoms in total. The van der Waals surface area contributed by atoms with Crippen molar-refractivity contribution in [3.63, 3.8) is 0 Å². The number of aryl methyl sites for hydroxylation is 1. The van der Waals surface area contributed by atoms with Crippen molar-refractivity contribution >= 4 is 27.5 Å². The Labute approximate surface area is 220 Å². The average molecular weight is 542 g/mol. The van der Waals surface area contributed by atoms with E-state index in [9.17, 15) is 17.2 Å². The van der Waals surface area contributed by atoms with Crippen LogP contribution in [0.15, 0.2) is 48.9 Å². The lowest BCUT2D eigenvalue weighted by molar-refractivity contribution is 0.101. The number of rotatable bonds is 6. The van der Waals surface area contributed by atoms with E-state index >= 15 is 0 Å². The van der Waals surface area contributed by atoms with Crippen LogP contribution in [0.2, 0.25) is 0 Å². The summed E-state index contributed by atoms with van der Waals surface area (Å²) >= 11 is 0. The van der Waals surface area contributed by atoms with Gasteiger partial charge in [-0.3, -0.25) is 9.88 Å². The van der Waals surface area contributed by atoms with E-state index in [4.69, 9.17) is 4.98 Å². The molecule has 2 fully saturated rings. The number of anilines is 3. The fraction of sp³-hybridized carbons (Fsp3) is 0.423. The topological polar surface area (TPSA) is 85.8 Å². The summed E-state index contributed by atoms with van der Waals surface area (Å²) in [6.45, 7) is 6.07. The summed E-state index contributed by atoms with van der Waals surface area (Å²) in [6, 6.07) is 9.71. The number of nitrogens with zero attached hydrogens (tertiary/aromatic N) is 7. The maximum atomic E-state index is 13.5. The Hall–Kier alpha value is -3.38. The zero-order valence-corrected chi connectivity index (χ0v) is 22.1. The van der Waals surface area contributed by atoms with E-state index in [0.717, 1.165) is 63.8 Å². The first-order valence-electron chi connectivity index (χ1n) is 12.6. The minimum absolute atomic E-state index is 0.244. The van der Waals surface area contributed by atoms with E-state index in [-0.39, 0.29) is 18.8 Å². The molecular formula is C26H29F2N7O2S. The third-order valence-electron chi connectivity index (χ3n) is 7.62. The van der Waals surface area contributed by atoms with Crippen molar-refractivity contribution in [3.8, 4) is 11.3 Å². The number of alkyl halides is 2. The molecule has 6 rings (SSSR count). The normalized spacial score (nSPS) is 22.0. The Morgan fingerprint density at radius 3 is 2.53 bits per heavy atom. The van der Waals surface area contributed by atoms with Gasteiger partial charge in [0.2, 0.25) is 0 Å². The standard InChI is InChI=1S/C26H29F2N7O2S/c1-18-3-4-19(16-33-9-11-34(12-10-33)24-15-29-7-8-30-24)13-21(18)22-5-6-23-25(31-22)32(2)38(36,37)35(23)17-20-14-26(20,27)28/h3-8,13,15,20H,9-12,14,16-17H2,1-2H3. The number of aromatic nitrogens is 3. The highest BCUT2D eigenvalue weighted by atomic mass is 32.2. The lowest BCUT2D eigenvalue weighted by atomic mass is 10.0. The van der Waals surface area contributed by atoms with Gasteiger partial charge in [-0.15, -0.1) is 0 Å². The Balaban J connectivity index is 1.20. The smallest absolute Gasteiger partial charge is 0.327 e. The van der Waals surface area contributed by atoms with Crippen LogP contribution < -0.4 is 13.5 Å². The fourth-order valence-electron chi connectivity index (χ4n) is 5.15. The largest absolute Gasteiger partial charge is 0.353 e. The van der Waals surface area contributed by atoms with Gasteiger partial charge in [-0.1, -0.05) is 12.1 Å². The van der Waals surface area contributed by atoms with Crippen molar-refractivity contribution in [1.29, 1.82) is 0 Å². The van der Waals surface area contributed by atoms with Crippen molar-refractivity contribution in [3.05, 3.63) is 60.0 Å². The van der Waals surface area contributed by atoms with Gasteiger partial charge in [-0.05, 0) is 36.2 Å². The summed E-state index contributed by atoms with van der Waals surface area (Å²) in [5, 5.41) is 0. The zero-order chi connectivity index (χ0) is 26.7. The van der Waals surface area contributed by atoms with Crippen molar-refractivity contribution in [2.75, 3.05) is 53.3 Å². The summed E-state index contributed by atoms with van der Waals surface area (Å²) in [5.74, 6) is -2.61. The maximum Gasteiger partial charge on any atom is 0.327 e. The maximum absolute atomic E-state index is 13.5. The highest BCUT2D eigenvalue weighted by molar-refractivity contribution is 7.94. The van der Waals surface area contributed by atoms with Gasteiger partial charge >= 0.3 is 10.2 Å². The number of fused-ring (bicyclic) bond motifs is 1. The molecule has 38 heavy (non-hydrogen) atoms. The van der Waals surface area contributed by atoms with Gasteiger partial charge in [0.25, 0.3) is 5.92 Å². The van der Waals surface area contributed by atoms with Gasteiger partial charge in [0.15, 0.2) is 5.82 Å². The molecule has 2 aromatic heterocycles. The SMILES string of the molecule is Cc1ccc(CN2CCN(c3cnccn3)CC2)cc1-c1ccc2c(n1)N(C)S(=O)(=O)N2CC1CC1(F)F. The average Bonchev–Trinajstić information content (AvgIpc) is 3.48. The number of piperazine rings is 1. The molecule has 0 spiro atoms. The molecule has 0 amide bonds. The summed E-state index contributed by atoms with van der Waals surface area (Å²) < 4.78 is 55.2. The van der Waals surface area contributed by atoms with E-state index < -0.39 is 22.0 Å². The first-order chi connectivity index (χ1) is 18.1. The highest BCUT2D eigenvalue weighted by Gasteiger charge is 2.59. The molecule has 1 saturated carbocycles. The van der Waals surface area contributed by atoms with E-state index in [2.05, 4.69) is 38.0 Å². The number of halogens is 2. The third-order valence-corrected chi connectivity index (χ3v) is 9.39. The van der Waals surface area contributed by atoms with Gasteiger partial charge in [-0.25, -0.2) is 27.4 Å². The third kappa shape index (κ3) is 4.45. The summed E-state index contributed by atoms with van der Waals surface area (Å²) in [4.78, 5) is 17.9. The monoisotopic (exact) mass is 541 g/mol. The number of pyridine rings is 1. The van der Waals surface area contributed by atoms with E-state index in [1.54, 1.807) is 30.7 Å². The minimum Gasteiger partial charge on any atom is -0.353 e. The van der Waals surface area contributed by atoms with Crippen LogP contribution in [-0.2, 0) is 16.8 Å². The molecule has 3 aromatic rings. The zero-order valence-electron chi connectivity index (χ0n) is 21.3. The van der Waals surface area contributed by atoms with Crippen LogP contribution in [0.4, 0.5) is 26.1 Å². The van der Waals surface area contributed by atoms with Crippen LogP contribution in [0.5, 0.6) is 0 Å². The Morgan fingerprint density at radius 2 is 1.84 bits per heavy atom.